The molecular formula is C13H16N2O. The maximum Gasteiger partial charge on any atom is 0.124 e. The first-order chi connectivity index (χ1) is 7.63. The van der Waals surface area contributed by atoms with E-state index in [1.165, 1.54) is 0 Å². The first kappa shape index (κ1) is 10.9. The first-order valence-electron chi connectivity index (χ1n) is 5.52. The van der Waals surface area contributed by atoms with Crippen LogP contribution in [0.1, 0.15) is 31.2 Å². The van der Waals surface area contributed by atoms with Gasteiger partial charge in [-0.15, -0.1) is 0 Å². The highest BCUT2D eigenvalue weighted by atomic mass is 16.1. The first-order valence-corrected chi connectivity index (χ1v) is 5.52. The second kappa shape index (κ2) is 4.08. The van der Waals surface area contributed by atoms with Crippen molar-refractivity contribution in [3.63, 3.8) is 0 Å². The number of hydrogen-bond donors (Lipinski definition) is 0. The van der Waals surface area contributed by atoms with E-state index >= 15 is 0 Å². The summed E-state index contributed by atoms with van der Waals surface area (Å²) in [5.74, 6) is 1.49. The van der Waals surface area contributed by atoms with Crippen LogP contribution in [0.15, 0.2) is 18.2 Å². The molecule has 1 heterocycles. The van der Waals surface area contributed by atoms with Crippen LogP contribution >= 0.6 is 0 Å². The summed E-state index contributed by atoms with van der Waals surface area (Å²) in [6, 6.07) is 6.02. The number of benzene rings is 1. The number of rotatable bonds is 3. The van der Waals surface area contributed by atoms with E-state index in [1.54, 1.807) is 0 Å². The lowest BCUT2D eigenvalue weighted by atomic mass is 10.1. The fourth-order valence-corrected chi connectivity index (χ4v) is 2.00. The molecule has 0 fully saturated rings. The second-order valence-electron chi connectivity index (χ2n) is 4.38. The van der Waals surface area contributed by atoms with E-state index in [4.69, 9.17) is 0 Å². The van der Waals surface area contributed by atoms with Gasteiger partial charge in [-0.25, -0.2) is 4.98 Å². The fourth-order valence-electron chi connectivity index (χ4n) is 2.00. The van der Waals surface area contributed by atoms with Gasteiger partial charge < -0.3 is 9.36 Å². The molecule has 0 saturated heterocycles. The topological polar surface area (TPSA) is 34.9 Å². The van der Waals surface area contributed by atoms with Gasteiger partial charge in [-0.2, -0.15) is 0 Å². The molecule has 0 spiro atoms. The summed E-state index contributed by atoms with van der Waals surface area (Å²) in [7, 11) is 2.03. The Hall–Kier alpha value is -1.64. The van der Waals surface area contributed by atoms with Crippen LogP contribution < -0.4 is 0 Å². The van der Waals surface area contributed by atoms with Gasteiger partial charge in [0, 0.05) is 19.4 Å². The molecule has 1 aromatic carbocycles. The van der Waals surface area contributed by atoms with Gasteiger partial charge in [-0.1, -0.05) is 19.9 Å². The maximum atomic E-state index is 10.5. The molecule has 3 heteroatoms. The summed E-state index contributed by atoms with van der Waals surface area (Å²) in [4.78, 5) is 15.1. The maximum absolute atomic E-state index is 10.5. The smallest absolute Gasteiger partial charge is 0.124 e. The Morgan fingerprint density at radius 2 is 2.19 bits per heavy atom. The number of fused-ring (bicyclic) bond motifs is 1. The summed E-state index contributed by atoms with van der Waals surface area (Å²) < 4.78 is 2.12. The Morgan fingerprint density at radius 3 is 2.81 bits per heavy atom. The van der Waals surface area contributed by atoms with Gasteiger partial charge in [0.1, 0.15) is 12.1 Å². The molecule has 0 aliphatic rings. The largest absolute Gasteiger partial charge is 0.331 e. The van der Waals surface area contributed by atoms with Crippen molar-refractivity contribution in [1.29, 1.82) is 0 Å². The fraction of sp³-hybridized carbons (Fsp3) is 0.385. The molecule has 0 unspecified atom stereocenters. The molecule has 0 amide bonds. The van der Waals surface area contributed by atoms with Crippen LogP contribution in [0.2, 0.25) is 0 Å². The van der Waals surface area contributed by atoms with Gasteiger partial charge in [0.25, 0.3) is 0 Å². The molecule has 0 aliphatic heterocycles. The zero-order valence-electron chi connectivity index (χ0n) is 9.90. The minimum absolute atomic E-state index is 0.409. The highest BCUT2D eigenvalue weighted by Gasteiger charge is 2.10. The highest BCUT2D eigenvalue weighted by Crippen LogP contribution is 2.21. The van der Waals surface area contributed by atoms with Crippen LogP contribution in [0.25, 0.3) is 11.0 Å². The average Bonchev–Trinajstić information content (AvgIpc) is 2.56. The molecule has 0 saturated carbocycles. The van der Waals surface area contributed by atoms with E-state index in [2.05, 4.69) is 23.4 Å². The van der Waals surface area contributed by atoms with Crippen molar-refractivity contribution < 1.29 is 4.79 Å². The Morgan fingerprint density at radius 1 is 1.44 bits per heavy atom. The lowest BCUT2D eigenvalue weighted by Crippen LogP contribution is -1.99. The summed E-state index contributed by atoms with van der Waals surface area (Å²) in [5, 5.41) is 0. The number of carbonyl (C=O) groups excluding carboxylic acids is 1. The highest BCUT2D eigenvalue weighted by molar-refractivity contribution is 5.77. The van der Waals surface area contributed by atoms with Crippen LogP contribution in [0.4, 0.5) is 0 Å². The molecule has 0 atom stereocenters. The Kier molecular flexibility index (Phi) is 2.77. The van der Waals surface area contributed by atoms with Crippen molar-refractivity contribution in [3.8, 4) is 0 Å². The van der Waals surface area contributed by atoms with Crippen molar-refractivity contribution in [2.75, 3.05) is 0 Å². The van der Waals surface area contributed by atoms with Crippen LogP contribution in [0.3, 0.4) is 0 Å². The number of aldehydes is 1. The Balaban J connectivity index is 2.58. The molecule has 1 aromatic heterocycles. The summed E-state index contributed by atoms with van der Waals surface area (Å²) in [6.07, 6.45) is 1.39. The van der Waals surface area contributed by atoms with Crippen molar-refractivity contribution in [1.82, 2.24) is 9.55 Å². The molecule has 3 nitrogen and oxygen atoms in total. The van der Waals surface area contributed by atoms with Crippen molar-refractivity contribution in [2.24, 2.45) is 7.05 Å². The summed E-state index contributed by atoms with van der Waals surface area (Å²) >= 11 is 0. The zero-order chi connectivity index (χ0) is 11.7. The third-order valence-corrected chi connectivity index (χ3v) is 2.82. The van der Waals surface area contributed by atoms with Crippen LogP contribution in [0, 0.1) is 0 Å². The number of aromatic nitrogens is 2. The minimum atomic E-state index is 0.409. The normalized spacial score (nSPS) is 11.2. The predicted octanol–water partition coefficient (Wildman–Crippen LogP) is 2.44. The number of hydrogen-bond acceptors (Lipinski definition) is 2. The quantitative estimate of drug-likeness (QED) is 0.739. The van der Waals surface area contributed by atoms with E-state index in [9.17, 15) is 4.79 Å². The van der Waals surface area contributed by atoms with E-state index in [0.29, 0.717) is 12.3 Å². The predicted molar refractivity (Wildman–Crippen MR) is 64.6 cm³/mol. The molecule has 2 aromatic rings. The molecule has 16 heavy (non-hydrogen) atoms. The van der Waals surface area contributed by atoms with Gasteiger partial charge >= 0.3 is 0 Å². The second-order valence-corrected chi connectivity index (χ2v) is 4.38. The molecule has 0 N–H and O–H groups in total. The average molecular weight is 216 g/mol. The lowest BCUT2D eigenvalue weighted by Gasteiger charge is -2.04. The van der Waals surface area contributed by atoms with Gasteiger partial charge in [0.2, 0.25) is 0 Å². The van der Waals surface area contributed by atoms with Gasteiger partial charge in [0.05, 0.1) is 11.0 Å². The Bertz CT molecular complexity index is 526. The minimum Gasteiger partial charge on any atom is -0.331 e. The van der Waals surface area contributed by atoms with E-state index in [0.717, 1.165) is 28.7 Å². The summed E-state index contributed by atoms with van der Waals surface area (Å²) in [5.41, 5.74) is 3.12. The zero-order valence-corrected chi connectivity index (χ0v) is 9.90. The number of nitrogens with zero attached hydrogens (tertiary/aromatic N) is 2. The standard InChI is InChI=1S/C13H16N2O/c1-9(2)13-14-11-8-10(6-7-16)4-5-12(11)15(13)3/h4-5,7-9H,6H2,1-3H3. The van der Waals surface area contributed by atoms with Crippen molar-refractivity contribution >= 4 is 17.3 Å². The van der Waals surface area contributed by atoms with E-state index in [-0.39, 0.29) is 0 Å². The molecule has 84 valence electrons. The van der Waals surface area contributed by atoms with Crippen molar-refractivity contribution in [2.45, 2.75) is 26.2 Å². The van der Waals surface area contributed by atoms with Crippen LogP contribution in [-0.2, 0) is 18.3 Å². The van der Waals surface area contributed by atoms with Crippen molar-refractivity contribution in [3.05, 3.63) is 29.6 Å². The third-order valence-electron chi connectivity index (χ3n) is 2.82. The molecule has 0 radical (unpaired) electrons. The number of aryl methyl sites for hydroxylation is 1. The molecule has 0 aliphatic carbocycles. The van der Waals surface area contributed by atoms with Gasteiger partial charge in [0.15, 0.2) is 0 Å². The monoisotopic (exact) mass is 216 g/mol. The molecular weight excluding hydrogens is 200 g/mol. The lowest BCUT2D eigenvalue weighted by molar-refractivity contribution is -0.107. The van der Waals surface area contributed by atoms with Crippen LogP contribution in [0.5, 0.6) is 0 Å². The summed E-state index contributed by atoms with van der Waals surface area (Å²) in [6.45, 7) is 4.26. The molecule has 2 rings (SSSR count). The van der Waals surface area contributed by atoms with E-state index < -0.39 is 0 Å². The van der Waals surface area contributed by atoms with Crippen LogP contribution in [-0.4, -0.2) is 15.8 Å². The SMILES string of the molecule is CC(C)c1nc2cc(CC=O)ccc2n1C. The van der Waals surface area contributed by atoms with Gasteiger partial charge in [-0.3, -0.25) is 0 Å². The van der Waals surface area contributed by atoms with E-state index in [1.807, 2.05) is 25.2 Å². The third kappa shape index (κ3) is 1.73. The van der Waals surface area contributed by atoms with Gasteiger partial charge in [-0.05, 0) is 17.7 Å². The number of carbonyl (C=O) groups is 1. The number of imidazole rings is 1. The molecule has 0 bridgehead atoms. The Labute approximate surface area is 95.1 Å².